The first kappa shape index (κ1) is 13.1. The van der Waals surface area contributed by atoms with Crippen LogP contribution in [0.1, 0.15) is 10.4 Å². The summed E-state index contributed by atoms with van der Waals surface area (Å²) in [6.45, 7) is 3.62. The molecule has 0 saturated carbocycles. The van der Waals surface area contributed by atoms with E-state index in [0.29, 0.717) is 4.48 Å². The molecule has 8 heteroatoms. The Bertz CT molecular complexity index is 537. The molecule has 7 nitrogen and oxygen atoms in total. The molecule has 1 heterocycles. The van der Waals surface area contributed by atoms with Crippen LogP contribution in [0.15, 0.2) is 28.1 Å². The molecule has 0 radical (unpaired) electrons. The minimum Gasteiger partial charge on any atom is -0.347 e. The molecule has 90 valence electrons. The van der Waals surface area contributed by atoms with Crippen LogP contribution < -0.4 is 10.9 Å². The second-order valence-electron chi connectivity index (χ2n) is 3.06. The van der Waals surface area contributed by atoms with Gasteiger partial charge >= 0.3 is 0 Å². The summed E-state index contributed by atoms with van der Waals surface area (Å²) in [6.07, 6.45) is 0.933. The Labute approximate surface area is 104 Å². The first-order valence-corrected chi connectivity index (χ1v) is 5.19. The van der Waals surface area contributed by atoms with Crippen LogP contribution in [0.2, 0.25) is 0 Å². The molecule has 0 fully saturated rings. The highest BCUT2D eigenvalue weighted by Crippen LogP contribution is 2.08. The van der Waals surface area contributed by atoms with Crippen molar-refractivity contribution >= 4 is 27.5 Å². The van der Waals surface area contributed by atoms with Gasteiger partial charge in [-0.15, -0.1) is 0 Å². The number of carbonyl (C=O) groups excluding carboxylic acids is 1. The highest BCUT2D eigenvalue weighted by atomic mass is 79.9. The number of carbonyl (C=O) groups is 1. The lowest BCUT2D eigenvalue weighted by atomic mass is 10.2. The normalized spacial score (nSPS) is 9.71. The maximum absolute atomic E-state index is 11.5. The summed E-state index contributed by atoms with van der Waals surface area (Å²) in [5, 5.41) is 12.9. The number of nitrogens with zero attached hydrogens (tertiary/aromatic N) is 1. The van der Waals surface area contributed by atoms with Gasteiger partial charge in [0.2, 0.25) is 0 Å². The Morgan fingerprint density at radius 1 is 1.65 bits per heavy atom. The van der Waals surface area contributed by atoms with Crippen LogP contribution in [0.25, 0.3) is 0 Å². The van der Waals surface area contributed by atoms with Gasteiger partial charge in [-0.2, -0.15) is 0 Å². The molecule has 0 unspecified atom stereocenters. The number of pyridine rings is 1. The van der Waals surface area contributed by atoms with Crippen molar-refractivity contribution in [2.75, 3.05) is 6.54 Å². The van der Waals surface area contributed by atoms with Gasteiger partial charge < -0.3 is 10.3 Å². The standard InChI is InChI=1S/C9H8BrN3O4/c1-5(10)3-11-8(14)7-2-6(13(16)17)4-12-9(7)15/h2,4H,1,3H2,(H,11,14)(H,12,15). The van der Waals surface area contributed by atoms with Gasteiger partial charge in [0.25, 0.3) is 17.2 Å². The number of rotatable bonds is 4. The number of nitro groups is 1. The lowest BCUT2D eigenvalue weighted by Crippen LogP contribution is -2.30. The zero-order chi connectivity index (χ0) is 13.0. The molecule has 1 rings (SSSR count). The van der Waals surface area contributed by atoms with Crippen molar-refractivity contribution in [1.29, 1.82) is 0 Å². The Balaban J connectivity index is 3.00. The molecule has 0 spiro atoms. The van der Waals surface area contributed by atoms with E-state index in [1.54, 1.807) is 0 Å². The maximum Gasteiger partial charge on any atom is 0.286 e. The van der Waals surface area contributed by atoms with Gasteiger partial charge in [0.05, 0.1) is 11.1 Å². The molecular formula is C9H8BrN3O4. The topological polar surface area (TPSA) is 105 Å². The molecule has 0 bridgehead atoms. The zero-order valence-electron chi connectivity index (χ0n) is 8.53. The van der Waals surface area contributed by atoms with E-state index in [-0.39, 0.29) is 17.8 Å². The van der Waals surface area contributed by atoms with Gasteiger partial charge in [-0.05, 0) is 0 Å². The molecule has 0 aliphatic heterocycles. The quantitative estimate of drug-likeness (QED) is 0.637. The van der Waals surface area contributed by atoms with Crippen molar-refractivity contribution in [1.82, 2.24) is 10.3 Å². The van der Waals surface area contributed by atoms with Gasteiger partial charge in [-0.1, -0.05) is 22.5 Å². The third kappa shape index (κ3) is 3.52. The highest BCUT2D eigenvalue weighted by Gasteiger charge is 2.15. The SMILES string of the molecule is C=C(Br)CNC(=O)c1cc([N+](=O)[O-])c[nH]c1=O. The Morgan fingerprint density at radius 2 is 2.29 bits per heavy atom. The molecular weight excluding hydrogens is 294 g/mol. The summed E-state index contributed by atoms with van der Waals surface area (Å²) < 4.78 is 0.521. The van der Waals surface area contributed by atoms with Gasteiger partial charge in [-0.3, -0.25) is 19.7 Å². The number of hydrogen-bond acceptors (Lipinski definition) is 4. The van der Waals surface area contributed by atoms with Crippen molar-refractivity contribution in [3.63, 3.8) is 0 Å². The number of halogens is 1. The molecule has 1 aromatic heterocycles. The fraction of sp³-hybridized carbons (Fsp3) is 0.111. The molecule has 0 saturated heterocycles. The van der Waals surface area contributed by atoms with Crippen molar-refractivity contribution in [2.24, 2.45) is 0 Å². The van der Waals surface area contributed by atoms with E-state index in [4.69, 9.17) is 0 Å². The first-order valence-electron chi connectivity index (χ1n) is 4.40. The summed E-state index contributed by atoms with van der Waals surface area (Å²) >= 11 is 3.03. The van der Waals surface area contributed by atoms with Gasteiger partial charge in [0.1, 0.15) is 5.56 Å². The number of aromatic nitrogens is 1. The second-order valence-corrected chi connectivity index (χ2v) is 4.18. The van der Waals surface area contributed by atoms with Crippen LogP contribution >= 0.6 is 15.9 Å². The summed E-state index contributed by atoms with van der Waals surface area (Å²) in [5.41, 5.74) is -1.35. The van der Waals surface area contributed by atoms with E-state index in [0.717, 1.165) is 12.3 Å². The zero-order valence-corrected chi connectivity index (χ0v) is 10.1. The van der Waals surface area contributed by atoms with Crippen LogP contribution in [0.5, 0.6) is 0 Å². The van der Waals surface area contributed by atoms with E-state index in [2.05, 4.69) is 32.8 Å². The fourth-order valence-electron chi connectivity index (χ4n) is 1.02. The molecule has 1 aromatic rings. The average molecular weight is 302 g/mol. The summed E-state index contributed by atoms with van der Waals surface area (Å²) in [7, 11) is 0. The van der Waals surface area contributed by atoms with Crippen LogP contribution in [0.4, 0.5) is 5.69 Å². The molecule has 2 N–H and O–H groups in total. The number of amides is 1. The number of H-pyrrole nitrogens is 1. The number of nitrogens with one attached hydrogen (secondary N) is 2. The Morgan fingerprint density at radius 3 is 2.82 bits per heavy atom. The third-order valence-corrected chi connectivity index (χ3v) is 2.06. The van der Waals surface area contributed by atoms with Crippen molar-refractivity contribution in [2.45, 2.75) is 0 Å². The van der Waals surface area contributed by atoms with Crippen LogP contribution in [-0.4, -0.2) is 22.4 Å². The van der Waals surface area contributed by atoms with E-state index in [1.165, 1.54) is 0 Å². The Hall–Kier alpha value is -1.96. The summed E-state index contributed by atoms with van der Waals surface area (Å²) in [6, 6.07) is 0.922. The monoisotopic (exact) mass is 301 g/mol. The largest absolute Gasteiger partial charge is 0.347 e. The van der Waals surface area contributed by atoms with E-state index in [1.807, 2.05) is 0 Å². The Kier molecular flexibility index (Phi) is 4.16. The first-order chi connectivity index (χ1) is 7.91. The van der Waals surface area contributed by atoms with Crippen LogP contribution in [0.3, 0.4) is 0 Å². The predicted octanol–water partition coefficient (Wildman–Crippen LogP) is 0.921. The third-order valence-electron chi connectivity index (χ3n) is 1.78. The average Bonchev–Trinajstić information content (AvgIpc) is 2.26. The van der Waals surface area contributed by atoms with E-state index >= 15 is 0 Å². The maximum atomic E-state index is 11.5. The summed E-state index contributed by atoms with van der Waals surface area (Å²) in [5.74, 6) is -0.699. The second kappa shape index (κ2) is 5.39. The highest BCUT2D eigenvalue weighted by molar-refractivity contribution is 9.11. The number of aromatic amines is 1. The van der Waals surface area contributed by atoms with Gasteiger partial charge in [0, 0.05) is 17.1 Å². The van der Waals surface area contributed by atoms with Crippen LogP contribution in [-0.2, 0) is 0 Å². The fourth-order valence-corrected chi connectivity index (χ4v) is 1.16. The van der Waals surface area contributed by atoms with Gasteiger partial charge in [0.15, 0.2) is 0 Å². The van der Waals surface area contributed by atoms with Crippen molar-refractivity contribution in [3.8, 4) is 0 Å². The van der Waals surface area contributed by atoms with Crippen LogP contribution in [0, 0.1) is 10.1 Å². The molecule has 1 amide bonds. The lowest BCUT2D eigenvalue weighted by Gasteiger charge is -2.02. The minimum atomic E-state index is -0.699. The molecule has 0 aromatic carbocycles. The predicted molar refractivity (Wildman–Crippen MR) is 64.1 cm³/mol. The van der Waals surface area contributed by atoms with E-state index < -0.39 is 16.4 Å². The molecule has 0 atom stereocenters. The molecule has 0 aliphatic rings. The van der Waals surface area contributed by atoms with E-state index in [9.17, 15) is 19.7 Å². The minimum absolute atomic E-state index is 0.126. The number of hydrogen-bond donors (Lipinski definition) is 2. The smallest absolute Gasteiger partial charge is 0.286 e. The van der Waals surface area contributed by atoms with Crippen molar-refractivity contribution < 1.29 is 9.72 Å². The molecule has 17 heavy (non-hydrogen) atoms. The molecule has 0 aliphatic carbocycles. The summed E-state index contributed by atoms with van der Waals surface area (Å²) in [4.78, 5) is 34.7. The van der Waals surface area contributed by atoms with Crippen molar-refractivity contribution in [3.05, 3.63) is 49.4 Å². The lowest BCUT2D eigenvalue weighted by molar-refractivity contribution is -0.385. The van der Waals surface area contributed by atoms with Gasteiger partial charge in [-0.25, -0.2) is 0 Å².